The van der Waals surface area contributed by atoms with Gasteiger partial charge in [-0.05, 0) is 50.1 Å². The number of carbonyl (C=O) groups excluding carboxylic acids is 3. The molecule has 0 aliphatic carbocycles. The van der Waals surface area contributed by atoms with Gasteiger partial charge in [-0.3, -0.25) is 14.4 Å². The summed E-state index contributed by atoms with van der Waals surface area (Å²) in [4.78, 5) is 43.4. The fourth-order valence-electron chi connectivity index (χ4n) is 5.52. The van der Waals surface area contributed by atoms with E-state index >= 15 is 0 Å². The Morgan fingerprint density at radius 2 is 1.68 bits per heavy atom. The van der Waals surface area contributed by atoms with E-state index in [1.807, 2.05) is 67.3 Å². The molecule has 4 atom stereocenters. The minimum Gasteiger partial charge on any atom is -0.497 e. The van der Waals surface area contributed by atoms with E-state index in [0.29, 0.717) is 11.4 Å². The van der Waals surface area contributed by atoms with Crippen LogP contribution in [0.5, 0.6) is 5.75 Å². The average molecular weight is 416 g/mol. The van der Waals surface area contributed by atoms with Crippen LogP contribution in [0.25, 0.3) is 6.08 Å². The summed E-state index contributed by atoms with van der Waals surface area (Å²) in [5.74, 6) is -1.20. The van der Waals surface area contributed by atoms with Crippen LogP contribution >= 0.6 is 0 Å². The number of aryl methyl sites for hydroxylation is 2. The molecule has 0 N–H and O–H groups in total. The number of rotatable bonds is 3. The molecule has 6 heteroatoms. The first kappa shape index (κ1) is 19.5. The van der Waals surface area contributed by atoms with Crippen molar-refractivity contribution < 1.29 is 19.1 Å². The normalized spacial score (nSPS) is 26.1. The molecule has 2 fully saturated rings. The van der Waals surface area contributed by atoms with E-state index in [-0.39, 0.29) is 23.6 Å². The quantitative estimate of drug-likeness (QED) is 0.719. The van der Waals surface area contributed by atoms with E-state index in [1.54, 1.807) is 7.11 Å². The SMILES string of the molecule is COc1ccc2c(c1)C=C[C@@H]1[C@H]3C(=O)N(c4c(C)cccc4C)C(=O)[C@@H]3[C@H](C(C)=O)N21. The van der Waals surface area contributed by atoms with E-state index in [0.717, 1.165) is 22.4 Å². The molecule has 3 heterocycles. The first-order valence-electron chi connectivity index (χ1n) is 10.4. The summed E-state index contributed by atoms with van der Waals surface area (Å²) in [6.07, 6.45) is 3.90. The topological polar surface area (TPSA) is 66.9 Å². The van der Waals surface area contributed by atoms with Gasteiger partial charge in [-0.2, -0.15) is 0 Å². The maximum absolute atomic E-state index is 13.7. The molecule has 2 saturated heterocycles. The zero-order valence-corrected chi connectivity index (χ0v) is 18.0. The molecule has 2 aromatic rings. The van der Waals surface area contributed by atoms with Crippen LogP contribution < -0.4 is 14.5 Å². The Labute approximate surface area is 181 Å². The lowest BCUT2D eigenvalue weighted by Gasteiger charge is -2.36. The van der Waals surface area contributed by atoms with Gasteiger partial charge in [-0.15, -0.1) is 0 Å². The van der Waals surface area contributed by atoms with Crippen LogP contribution in [0.4, 0.5) is 11.4 Å². The maximum atomic E-state index is 13.7. The van der Waals surface area contributed by atoms with Gasteiger partial charge in [0.1, 0.15) is 11.8 Å². The summed E-state index contributed by atoms with van der Waals surface area (Å²) in [6.45, 7) is 5.30. The number of fused-ring (bicyclic) bond motifs is 5. The molecule has 158 valence electrons. The number of benzene rings is 2. The largest absolute Gasteiger partial charge is 0.497 e. The third kappa shape index (κ3) is 2.60. The molecule has 0 radical (unpaired) electrons. The number of methoxy groups -OCH3 is 1. The van der Waals surface area contributed by atoms with Gasteiger partial charge in [0, 0.05) is 11.3 Å². The van der Waals surface area contributed by atoms with Crippen LogP contribution in [-0.4, -0.2) is 36.8 Å². The molecular weight excluding hydrogens is 392 g/mol. The van der Waals surface area contributed by atoms with Gasteiger partial charge in [0.15, 0.2) is 5.78 Å². The van der Waals surface area contributed by atoms with Crippen LogP contribution in [0, 0.1) is 25.7 Å². The Morgan fingerprint density at radius 3 is 2.32 bits per heavy atom. The summed E-state index contributed by atoms with van der Waals surface area (Å²) in [6, 6.07) is 10.3. The first-order chi connectivity index (χ1) is 14.8. The van der Waals surface area contributed by atoms with Crippen molar-refractivity contribution in [3.63, 3.8) is 0 Å². The molecule has 0 unspecified atom stereocenters. The molecule has 31 heavy (non-hydrogen) atoms. The van der Waals surface area contributed by atoms with Crippen LogP contribution in [0.2, 0.25) is 0 Å². The van der Waals surface area contributed by atoms with Crippen molar-refractivity contribution in [2.24, 2.45) is 11.8 Å². The predicted molar refractivity (Wildman–Crippen MR) is 118 cm³/mol. The molecule has 0 aromatic heterocycles. The van der Waals surface area contributed by atoms with Gasteiger partial charge < -0.3 is 9.64 Å². The summed E-state index contributed by atoms with van der Waals surface area (Å²) < 4.78 is 5.33. The second-order valence-corrected chi connectivity index (χ2v) is 8.54. The fourth-order valence-corrected chi connectivity index (χ4v) is 5.52. The number of carbonyl (C=O) groups is 3. The Morgan fingerprint density at radius 1 is 1.00 bits per heavy atom. The second-order valence-electron chi connectivity index (χ2n) is 8.54. The van der Waals surface area contributed by atoms with Crippen molar-refractivity contribution in [2.75, 3.05) is 16.9 Å². The fraction of sp³-hybridized carbons (Fsp3) is 0.320. The molecule has 0 saturated carbocycles. The number of nitrogens with zero attached hydrogens (tertiary/aromatic N) is 2. The predicted octanol–water partition coefficient (Wildman–Crippen LogP) is 3.29. The number of amides is 2. The van der Waals surface area contributed by atoms with Crippen LogP contribution in [-0.2, 0) is 14.4 Å². The highest BCUT2D eigenvalue weighted by Crippen LogP contribution is 2.50. The molecule has 6 nitrogen and oxygen atoms in total. The van der Waals surface area contributed by atoms with E-state index < -0.39 is 17.9 Å². The van der Waals surface area contributed by atoms with Crippen molar-refractivity contribution in [3.05, 3.63) is 59.2 Å². The summed E-state index contributed by atoms with van der Waals surface area (Å²) in [5, 5.41) is 0. The molecule has 2 amide bonds. The van der Waals surface area contributed by atoms with Crippen molar-refractivity contribution >= 4 is 35.0 Å². The number of imide groups is 1. The van der Waals surface area contributed by atoms with E-state index in [9.17, 15) is 14.4 Å². The van der Waals surface area contributed by atoms with Gasteiger partial charge in [0.25, 0.3) is 0 Å². The molecule has 3 aliphatic rings. The maximum Gasteiger partial charge on any atom is 0.240 e. The Bertz CT molecular complexity index is 1150. The Kier molecular flexibility index (Phi) is 4.29. The van der Waals surface area contributed by atoms with Gasteiger partial charge in [-0.1, -0.05) is 30.4 Å². The number of hydrogen-bond acceptors (Lipinski definition) is 5. The minimum absolute atomic E-state index is 0.112. The standard InChI is InChI=1S/C25H24N2O4/c1-13-6-5-7-14(2)22(13)27-24(29)20-19-10-8-16-12-17(31-4)9-11-18(16)26(19)23(15(3)28)21(20)25(27)30/h5-12,19-21,23H,1-4H3/t19-,20-,21+,23+/m1/s1. The average Bonchev–Trinajstić information content (AvgIpc) is 3.22. The third-order valence-electron chi connectivity index (χ3n) is 6.79. The summed E-state index contributed by atoms with van der Waals surface area (Å²) in [7, 11) is 1.61. The number of ketones is 1. The molecule has 0 spiro atoms. The highest BCUT2D eigenvalue weighted by molar-refractivity contribution is 6.25. The number of ether oxygens (including phenoxy) is 1. The number of Topliss-reactive ketones (excluding diaryl/α,β-unsaturated/α-hetero) is 1. The third-order valence-corrected chi connectivity index (χ3v) is 6.79. The Balaban J connectivity index is 1.63. The molecule has 2 aromatic carbocycles. The van der Waals surface area contributed by atoms with E-state index in [4.69, 9.17) is 4.74 Å². The lowest BCUT2D eigenvalue weighted by Crippen LogP contribution is -2.48. The van der Waals surface area contributed by atoms with Gasteiger partial charge >= 0.3 is 0 Å². The van der Waals surface area contributed by atoms with Crippen molar-refractivity contribution in [1.82, 2.24) is 0 Å². The first-order valence-corrected chi connectivity index (χ1v) is 10.4. The Hall–Kier alpha value is -3.41. The minimum atomic E-state index is -0.702. The zero-order chi connectivity index (χ0) is 22.0. The second kappa shape index (κ2) is 6.80. The van der Waals surface area contributed by atoms with Crippen molar-refractivity contribution in [3.8, 4) is 5.75 Å². The number of anilines is 2. The summed E-state index contributed by atoms with van der Waals surface area (Å²) >= 11 is 0. The lowest BCUT2D eigenvalue weighted by atomic mass is 9.88. The van der Waals surface area contributed by atoms with Gasteiger partial charge in [0.2, 0.25) is 11.8 Å². The molecule has 5 rings (SSSR count). The van der Waals surface area contributed by atoms with Crippen LogP contribution in [0.1, 0.15) is 23.6 Å². The van der Waals surface area contributed by atoms with Gasteiger partial charge in [-0.25, -0.2) is 4.90 Å². The number of para-hydroxylation sites is 1. The highest BCUT2D eigenvalue weighted by Gasteiger charge is 2.63. The smallest absolute Gasteiger partial charge is 0.240 e. The van der Waals surface area contributed by atoms with Gasteiger partial charge in [0.05, 0.1) is 30.7 Å². The zero-order valence-electron chi connectivity index (χ0n) is 18.0. The van der Waals surface area contributed by atoms with Crippen LogP contribution in [0.15, 0.2) is 42.5 Å². The molecular formula is C25H24N2O4. The van der Waals surface area contributed by atoms with Crippen molar-refractivity contribution in [1.29, 1.82) is 0 Å². The van der Waals surface area contributed by atoms with Crippen molar-refractivity contribution in [2.45, 2.75) is 32.9 Å². The molecule has 0 bridgehead atoms. The lowest BCUT2D eigenvalue weighted by molar-refractivity contribution is -0.126. The van der Waals surface area contributed by atoms with E-state index in [2.05, 4.69) is 0 Å². The monoisotopic (exact) mass is 416 g/mol. The summed E-state index contributed by atoms with van der Waals surface area (Å²) in [5.41, 5.74) is 4.14. The highest BCUT2D eigenvalue weighted by atomic mass is 16.5. The van der Waals surface area contributed by atoms with Crippen LogP contribution in [0.3, 0.4) is 0 Å². The number of hydrogen-bond donors (Lipinski definition) is 0. The van der Waals surface area contributed by atoms with E-state index in [1.165, 1.54) is 11.8 Å². The molecule has 3 aliphatic heterocycles.